The lowest BCUT2D eigenvalue weighted by molar-refractivity contribution is -0.130. The maximum Gasteiger partial charge on any atom is 0.220 e. The Morgan fingerprint density at radius 3 is 2.61 bits per heavy atom. The highest BCUT2D eigenvalue weighted by atomic mass is 16.5. The summed E-state index contributed by atoms with van der Waals surface area (Å²) in [6.45, 7) is 2.28. The van der Waals surface area contributed by atoms with E-state index < -0.39 is 0 Å². The van der Waals surface area contributed by atoms with Gasteiger partial charge >= 0.3 is 0 Å². The molecule has 0 N–H and O–H groups in total. The number of aromatic nitrogens is 1. The van der Waals surface area contributed by atoms with E-state index in [0.29, 0.717) is 18.0 Å². The van der Waals surface area contributed by atoms with Crippen molar-refractivity contribution in [2.45, 2.75) is 19.4 Å². The first-order valence-electron chi connectivity index (χ1n) is 7.57. The summed E-state index contributed by atoms with van der Waals surface area (Å²) in [5, 5.41) is 0. The highest BCUT2D eigenvalue weighted by Crippen LogP contribution is 2.40. The summed E-state index contributed by atoms with van der Waals surface area (Å²) in [6.07, 6.45) is 4.35. The minimum atomic E-state index is -0.148. The van der Waals surface area contributed by atoms with Gasteiger partial charge in [-0.25, -0.2) is 0 Å². The summed E-state index contributed by atoms with van der Waals surface area (Å²) in [7, 11) is 3.25. The zero-order chi connectivity index (χ0) is 16.4. The number of methoxy groups -OCH3 is 2. The van der Waals surface area contributed by atoms with Gasteiger partial charge in [-0.1, -0.05) is 6.07 Å². The lowest BCUT2D eigenvalue weighted by atomic mass is 9.88. The minimum Gasteiger partial charge on any atom is -0.493 e. The second-order valence-electron chi connectivity index (χ2n) is 5.56. The van der Waals surface area contributed by atoms with Crippen molar-refractivity contribution in [2.75, 3.05) is 20.8 Å². The predicted molar refractivity (Wildman–Crippen MR) is 86.7 cm³/mol. The van der Waals surface area contributed by atoms with Crippen LogP contribution < -0.4 is 9.47 Å². The molecule has 0 aliphatic carbocycles. The lowest BCUT2D eigenvalue weighted by Crippen LogP contribution is -2.39. The van der Waals surface area contributed by atoms with Gasteiger partial charge in [0.25, 0.3) is 0 Å². The van der Waals surface area contributed by atoms with E-state index >= 15 is 0 Å². The molecule has 0 fully saturated rings. The summed E-state index contributed by atoms with van der Waals surface area (Å²) >= 11 is 0. The molecule has 23 heavy (non-hydrogen) atoms. The monoisotopic (exact) mass is 312 g/mol. The molecule has 1 amide bonds. The molecule has 1 aromatic carbocycles. The van der Waals surface area contributed by atoms with Gasteiger partial charge < -0.3 is 14.4 Å². The maximum atomic E-state index is 12.1. The number of fused-ring (bicyclic) bond motifs is 1. The molecule has 0 spiro atoms. The van der Waals surface area contributed by atoms with Gasteiger partial charge in [0.2, 0.25) is 5.91 Å². The fourth-order valence-electron chi connectivity index (χ4n) is 3.18. The van der Waals surface area contributed by atoms with Gasteiger partial charge in [-0.3, -0.25) is 9.78 Å². The summed E-state index contributed by atoms with van der Waals surface area (Å²) < 4.78 is 10.8. The Labute approximate surface area is 135 Å². The van der Waals surface area contributed by atoms with Crippen LogP contribution in [0.15, 0.2) is 36.7 Å². The number of benzene rings is 1. The number of rotatable bonds is 3. The molecule has 2 aromatic rings. The van der Waals surface area contributed by atoms with E-state index in [2.05, 4.69) is 4.98 Å². The molecular formula is C18H20N2O3. The molecule has 1 aliphatic rings. The van der Waals surface area contributed by atoms with Crippen LogP contribution in [0.25, 0.3) is 0 Å². The lowest BCUT2D eigenvalue weighted by Gasteiger charge is -2.37. The van der Waals surface area contributed by atoms with E-state index in [1.807, 2.05) is 35.4 Å². The van der Waals surface area contributed by atoms with E-state index in [4.69, 9.17) is 9.47 Å². The second-order valence-corrected chi connectivity index (χ2v) is 5.56. The number of amides is 1. The molecule has 120 valence electrons. The Hall–Kier alpha value is -2.56. The molecule has 3 rings (SSSR count). The van der Waals surface area contributed by atoms with Crippen LogP contribution in [0.4, 0.5) is 0 Å². The normalized spacial score (nSPS) is 16.7. The first kappa shape index (κ1) is 15.3. The largest absolute Gasteiger partial charge is 0.493 e. The molecule has 5 nitrogen and oxygen atoms in total. The predicted octanol–water partition coefficient (Wildman–Crippen LogP) is 2.59. The molecule has 2 heterocycles. The van der Waals surface area contributed by atoms with E-state index in [1.165, 1.54) is 5.56 Å². The molecular weight excluding hydrogens is 292 g/mol. The van der Waals surface area contributed by atoms with Crippen LogP contribution >= 0.6 is 0 Å². The SMILES string of the molecule is COc1cc2c(cc1OC)C(c1cccnc1)N(C(C)=O)CC2. The number of hydrogen-bond donors (Lipinski definition) is 0. The van der Waals surface area contributed by atoms with Gasteiger partial charge in [-0.15, -0.1) is 0 Å². The zero-order valence-corrected chi connectivity index (χ0v) is 13.6. The van der Waals surface area contributed by atoms with Gasteiger partial charge in [0, 0.05) is 25.9 Å². The molecule has 0 saturated heterocycles. The number of carbonyl (C=O) groups excluding carboxylic acids is 1. The molecule has 1 aromatic heterocycles. The van der Waals surface area contributed by atoms with Gasteiger partial charge in [-0.05, 0) is 41.3 Å². The zero-order valence-electron chi connectivity index (χ0n) is 13.6. The van der Waals surface area contributed by atoms with Crippen molar-refractivity contribution in [1.82, 2.24) is 9.88 Å². The summed E-state index contributed by atoms with van der Waals surface area (Å²) in [6, 6.07) is 7.72. The highest BCUT2D eigenvalue weighted by Gasteiger charge is 2.31. The van der Waals surface area contributed by atoms with E-state index in [9.17, 15) is 4.79 Å². The van der Waals surface area contributed by atoms with Crippen molar-refractivity contribution in [2.24, 2.45) is 0 Å². The third kappa shape index (κ3) is 2.74. The number of ether oxygens (including phenoxy) is 2. The molecule has 5 heteroatoms. The third-order valence-corrected chi connectivity index (χ3v) is 4.28. The van der Waals surface area contributed by atoms with Crippen LogP contribution in [-0.4, -0.2) is 36.6 Å². The maximum absolute atomic E-state index is 12.1. The Bertz CT molecular complexity index is 716. The Morgan fingerprint density at radius 1 is 1.26 bits per heavy atom. The van der Waals surface area contributed by atoms with Gasteiger partial charge in [0.1, 0.15) is 0 Å². The highest BCUT2D eigenvalue weighted by molar-refractivity contribution is 5.75. The van der Waals surface area contributed by atoms with Crippen molar-refractivity contribution >= 4 is 5.91 Å². The summed E-state index contributed by atoms with van der Waals surface area (Å²) in [5.41, 5.74) is 3.24. The van der Waals surface area contributed by atoms with Crippen molar-refractivity contribution in [3.05, 3.63) is 53.3 Å². The van der Waals surface area contributed by atoms with Crippen LogP contribution in [0.2, 0.25) is 0 Å². The quantitative estimate of drug-likeness (QED) is 0.874. The van der Waals surface area contributed by atoms with E-state index in [-0.39, 0.29) is 11.9 Å². The number of nitrogens with zero attached hydrogens (tertiary/aromatic N) is 2. The molecule has 1 unspecified atom stereocenters. The Balaban J connectivity index is 2.17. The van der Waals surface area contributed by atoms with Crippen LogP contribution in [0, 0.1) is 0 Å². The standard InChI is InChI=1S/C18H20N2O3/c1-12(21)20-8-6-13-9-16(22-2)17(23-3)10-15(13)18(20)14-5-4-7-19-11-14/h4-5,7,9-11,18H,6,8H2,1-3H3. The number of carbonyl (C=O) groups is 1. The molecule has 0 saturated carbocycles. The van der Waals surface area contributed by atoms with Crippen molar-refractivity contribution in [3.63, 3.8) is 0 Å². The summed E-state index contributed by atoms with van der Waals surface area (Å²) in [4.78, 5) is 18.2. The first-order valence-corrected chi connectivity index (χ1v) is 7.57. The Morgan fingerprint density at radius 2 is 2.00 bits per heavy atom. The average molecular weight is 312 g/mol. The Kier molecular flexibility index (Phi) is 4.19. The van der Waals surface area contributed by atoms with Gasteiger partial charge in [0.05, 0.1) is 20.3 Å². The van der Waals surface area contributed by atoms with E-state index in [1.54, 1.807) is 27.3 Å². The molecule has 1 atom stereocenters. The fraction of sp³-hybridized carbons (Fsp3) is 0.333. The van der Waals surface area contributed by atoms with E-state index in [0.717, 1.165) is 17.5 Å². The van der Waals surface area contributed by atoms with Crippen molar-refractivity contribution < 1.29 is 14.3 Å². The number of hydrogen-bond acceptors (Lipinski definition) is 4. The van der Waals surface area contributed by atoms with Crippen molar-refractivity contribution in [1.29, 1.82) is 0 Å². The second kappa shape index (κ2) is 6.28. The fourth-order valence-corrected chi connectivity index (χ4v) is 3.18. The van der Waals surface area contributed by atoms with Gasteiger partial charge in [0.15, 0.2) is 11.5 Å². The smallest absolute Gasteiger partial charge is 0.220 e. The first-order chi connectivity index (χ1) is 11.2. The summed E-state index contributed by atoms with van der Waals surface area (Å²) in [5.74, 6) is 1.44. The minimum absolute atomic E-state index is 0.0549. The molecule has 0 radical (unpaired) electrons. The number of pyridine rings is 1. The van der Waals surface area contributed by atoms with Crippen molar-refractivity contribution in [3.8, 4) is 11.5 Å². The third-order valence-electron chi connectivity index (χ3n) is 4.28. The van der Waals surface area contributed by atoms with Crippen LogP contribution in [0.1, 0.15) is 29.7 Å². The topological polar surface area (TPSA) is 51.7 Å². The molecule has 1 aliphatic heterocycles. The average Bonchev–Trinajstić information content (AvgIpc) is 2.59. The van der Waals surface area contributed by atoms with Crippen LogP contribution in [-0.2, 0) is 11.2 Å². The molecule has 0 bridgehead atoms. The van der Waals surface area contributed by atoms with Crippen LogP contribution in [0.3, 0.4) is 0 Å². The van der Waals surface area contributed by atoms with Crippen LogP contribution in [0.5, 0.6) is 11.5 Å². The van der Waals surface area contributed by atoms with Gasteiger partial charge in [-0.2, -0.15) is 0 Å².